The van der Waals surface area contributed by atoms with Crippen LogP contribution in [0.4, 0.5) is 8.78 Å². The van der Waals surface area contributed by atoms with Gasteiger partial charge in [-0.15, -0.1) is 0 Å². The third kappa shape index (κ3) is 3.36. The molecule has 2 rings (SSSR count). The second kappa shape index (κ2) is 6.06. The van der Waals surface area contributed by atoms with Gasteiger partial charge in [-0.05, 0) is 24.3 Å². The normalized spacial score (nSPS) is 11.2. The first-order valence-corrected chi connectivity index (χ1v) is 7.74. The van der Waals surface area contributed by atoms with Gasteiger partial charge in [0, 0.05) is 0 Å². The standard InChI is InChI=1S/C14H13F2O3P/c1-2-20(17,18-13-9-5-3-7-11(13)15)19-14-10-6-4-8-12(14)16/h3-10H,2H2,1H3. The molecule has 2 aromatic carbocycles. The van der Waals surface area contributed by atoms with Gasteiger partial charge in [-0.25, -0.2) is 13.3 Å². The van der Waals surface area contributed by atoms with Crippen LogP contribution in [-0.4, -0.2) is 6.16 Å². The largest absolute Gasteiger partial charge is 0.430 e. The molecule has 0 aliphatic carbocycles. The fourth-order valence-corrected chi connectivity index (χ4v) is 2.68. The zero-order valence-corrected chi connectivity index (χ0v) is 11.6. The molecule has 0 heterocycles. The van der Waals surface area contributed by atoms with Crippen molar-refractivity contribution < 1.29 is 22.4 Å². The van der Waals surface area contributed by atoms with Gasteiger partial charge in [-0.3, -0.25) is 0 Å². The minimum absolute atomic E-state index is 0.0182. The lowest BCUT2D eigenvalue weighted by Crippen LogP contribution is -2.05. The summed E-state index contributed by atoms with van der Waals surface area (Å²) in [6.07, 6.45) is -0.0182. The van der Waals surface area contributed by atoms with Crippen LogP contribution >= 0.6 is 7.60 Å². The summed E-state index contributed by atoms with van der Waals surface area (Å²) in [4.78, 5) is 0. The molecule has 0 saturated carbocycles. The Morgan fingerprint density at radius 1 is 0.900 bits per heavy atom. The van der Waals surface area contributed by atoms with Gasteiger partial charge >= 0.3 is 7.60 Å². The minimum Gasteiger partial charge on any atom is -0.413 e. The van der Waals surface area contributed by atoms with Gasteiger partial charge in [0.1, 0.15) is 0 Å². The van der Waals surface area contributed by atoms with E-state index in [0.29, 0.717) is 0 Å². The lowest BCUT2D eigenvalue weighted by atomic mass is 10.3. The highest BCUT2D eigenvalue weighted by Crippen LogP contribution is 2.48. The smallest absolute Gasteiger partial charge is 0.413 e. The zero-order valence-electron chi connectivity index (χ0n) is 10.8. The molecular weight excluding hydrogens is 285 g/mol. The fourth-order valence-electron chi connectivity index (χ4n) is 1.48. The number of para-hydroxylation sites is 2. The zero-order chi connectivity index (χ0) is 14.6. The van der Waals surface area contributed by atoms with Gasteiger partial charge in [-0.1, -0.05) is 31.2 Å². The topological polar surface area (TPSA) is 35.5 Å². The van der Waals surface area contributed by atoms with E-state index in [1.54, 1.807) is 19.1 Å². The molecule has 6 heteroatoms. The summed E-state index contributed by atoms with van der Waals surface area (Å²) in [5.41, 5.74) is 0. The number of halogens is 2. The van der Waals surface area contributed by atoms with Crippen LogP contribution in [0.1, 0.15) is 6.92 Å². The molecule has 0 fully saturated rings. The molecule has 106 valence electrons. The molecular formula is C14H13F2O3P. The van der Waals surface area contributed by atoms with Crippen molar-refractivity contribution in [2.75, 3.05) is 6.16 Å². The summed E-state index contributed by atoms with van der Waals surface area (Å²) in [6, 6.07) is 11.1. The summed E-state index contributed by atoms with van der Waals surface area (Å²) >= 11 is 0. The fraction of sp³-hybridized carbons (Fsp3) is 0.143. The third-order valence-corrected chi connectivity index (χ3v) is 4.26. The molecule has 0 N–H and O–H groups in total. The van der Waals surface area contributed by atoms with Crippen molar-refractivity contribution in [1.82, 2.24) is 0 Å². The molecule has 0 aromatic heterocycles. The maximum Gasteiger partial charge on any atom is 0.430 e. The Kier molecular flexibility index (Phi) is 4.40. The van der Waals surface area contributed by atoms with Crippen molar-refractivity contribution in [2.24, 2.45) is 0 Å². The quantitative estimate of drug-likeness (QED) is 0.755. The Morgan fingerprint density at radius 2 is 1.30 bits per heavy atom. The lowest BCUT2D eigenvalue weighted by molar-refractivity contribution is 0.368. The minimum atomic E-state index is -3.68. The van der Waals surface area contributed by atoms with Crippen LogP contribution < -0.4 is 9.05 Å². The van der Waals surface area contributed by atoms with E-state index >= 15 is 0 Å². The predicted octanol–water partition coefficient (Wildman–Crippen LogP) is 4.64. The van der Waals surface area contributed by atoms with E-state index in [1.165, 1.54) is 36.4 Å². The summed E-state index contributed by atoms with van der Waals surface area (Å²) in [5.74, 6) is -1.68. The SMILES string of the molecule is CCP(=O)(Oc1ccccc1F)Oc1ccccc1F. The van der Waals surface area contributed by atoms with Crippen LogP contribution in [0.25, 0.3) is 0 Å². The Bertz CT molecular complexity index is 594. The highest BCUT2D eigenvalue weighted by Gasteiger charge is 2.27. The van der Waals surface area contributed by atoms with Crippen LogP contribution in [0.15, 0.2) is 48.5 Å². The molecule has 0 amide bonds. The Hall–Kier alpha value is -1.87. The van der Waals surface area contributed by atoms with E-state index in [-0.39, 0.29) is 17.7 Å². The molecule has 0 aliphatic heterocycles. The van der Waals surface area contributed by atoms with Gasteiger partial charge in [0.25, 0.3) is 0 Å². The van der Waals surface area contributed by atoms with Gasteiger partial charge in [-0.2, -0.15) is 0 Å². The third-order valence-electron chi connectivity index (χ3n) is 2.54. The average molecular weight is 298 g/mol. The van der Waals surface area contributed by atoms with E-state index < -0.39 is 19.2 Å². The monoisotopic (exact) mass is 298 g/mol. The lowest BCUT2D eigenvalue weighted by Gasteiger charge is -2.19. The Morgan fingerprint density at radius 3 is 1.65 bits per heavy atom. The first-order valence-electron chi connectivity index (χ1n) is 6.01. The average Bonchev–Trinajstić information content (AvgIpc) is 2.44. The number of benzene rings is 2. The van der Waals surface area contributed by atoms with Gasteiger partial charge in [0.2, 0.25) is 0 Å². The number of rotatable bonds is 5. The summed E-state index contributed by atoms with van der Waals surface area (Å²) in [6.45, 7) is 1.56. The van der Waals surface area contributed by atoms with Crippen molar-refractivity contribution in [3.63, 3.8) is 0 Å². The molecule has 0 atom stereocenters. The Labute approximate surface area is 115 Å². The van der Waals surface area contributed by atoms with Crippen LogP contribution in [0.5, 0.6) is 11.5 Å². The molecule has 2 aromatic rings. The van der Waals surface area contributed by atoms with E-state index in [0.717, 1.165) is 0 Å². The second-order valence-electron chi connectivity index (χ2n) is 3.97. The number of hydrogen-bond donors (Lipinski definition) is 0. The van der Waals surface area contributed by atoms with Crippen LogP contribution in [0.3, 0.4) is 0 Å². The van der Waals surface area contributed by atoms with E-state index in [2.05, 4.69) is 0 Å². The van der Waals surface area contributed by atoms with Crippen molar-refractivity contribution in [3.05, 3.63) is 60.2 Å². The summed E-state index contributed by atoms with van der Waals surface area (Å²) in [5, 5.41) is 0. The van der Waals surface area contributed by atoms with E-state index in [9.17, 15) is 13.3 Å². The van der Waals surface area contributed by atoms with E-state index in [1.807, 2.05) is 0 Å². The Balaban J connectivity index is 2.24. The molecule has 0 spiro atoms. The molecule has 20 heavy (non-hydrogen) atoms. The van der Waals surface area contributed by atoms with Gasteiger partial charge in [0.15, 0.2) is 23.1 Å². The molecule has 3 nitrogen and oxygen atoms in total. The molecule has 0 unspecified atom stereocenters. The van der Waals surface area contributed by atoms with Crippen molar-refractivity contribution in [1.29, 1.82) is 0 Å². The summed E-state index contributed by atoms with van der Waals surface area (Å²) < 4.78 is 49.7. The van der Waals surface area contributed by atoms with Crippen molar-refractivity contribution >= 4 is 7.60 Å². The maximum atomic E-state index is 13.5. The van der Waals surface area contributed by atoms with Gasteiger partial charge < -0.3 is 9.05 Å². The van der Waals surface area contributed by atoms with Crippen LogP contribution in [0, 0.1) is 11.6 Å². The highest BCUT2D eigenvalue weighted by molar-refractivity contribution is 7.54. The van der Waals surface area contributed by atoms with E-state index in [4.69, 9.17) is 9.05 Å². The van der Waals surface area contributed by atoms with Crippen molar-refractivity contribution in [2.45, 2.75) is 6.92 Å². The van der Waals surface area contributed by atoms with Gasteiger partial charge in [0.05, 0.1) is 6.16 Å². The van der Waals surface area contributed by atoms with Crippen molar-refractivity contribution in [3.8, 4) is 11.5 Å². The maximum absolute atomic E-state index is 13.5. The molecule has 0 bridgehead atoms. The molecule has 0 aliphatic rings. The second-order valence-corrected chi connectivity index (χ2v) is 6.19. The molecule has 0 radical (unpaired) electrons. The first kappa shape index (κ1) is 14.5. The molecule has 0 saturated heterocycles. The predicted molar refractivity (Wildman–Crippen MR) is 72.2 cm³/mol. The van der Waals surface area contributed by atoms with Crippen LogP contribution in [-0.2, 0) is 4.57 Å². The van der Waals surface area contributed by atoms with Crippen LogP contribution in [0.2, 0.25) is 0 Å². The number of hydrogen-bond acceptors (Lipinski definition) is 3. The highest BCUT2D eigenvalue weighted by atomic mass is 31.2. The first-order chi connectivity index (χ1) is 9.54. The summed E-state index contributed by atoms with van der Waals surface area (Å²) in [7, 11) is -3.68.